The van der Waals surface area contributed by atoms with Gasteiger partial charge in [0.2, 0.25) is 0 Å². The van der Waals surface area contributed by atoms with Crippen LogP contribution in [0.2, 0.25) is 0 Å². The van der Waals surface area contributed by atoms with Gasteiger partial charge in [0.25, 0.3) is 5.91 Å². The topological polar surface area (TPSA) is 43.7 Å². The number of fused-ring (bicyclic) bond motifs is 1. The average molecular weight is 455 g/mol. The monoisotopic (exact) mass is 454 g/mol. The maximum absolute atomic E-state index is 13.3. The zero-order valence-corrected chi connectivity index (χ0v) is 19.7. The molecule has 0 radical (unpaired) electrons. The first-order chi connectivity index (χ1) is 16.7. The van der Waals surface area contributed by atoms with Crippen molar-refractivity contribution in [3.05, 3.63) is 95.7 Å². The van der Waals surface area contributed by atoms with E-state index in [2.05, 4.69) is 47.2 Å². The zero-order valence-electron chi connectivity index (χ0n) is 19.7. The maximum Gasteiger partial charge on any atom is 0.257 e. The fourth-order valence-corrected chi connectivity index (χ4v) is 4.99. The number of nitrogens with zero attached hydrogens (tertiary/aromatic N) is 2. The van der Waals surface area contributed by atoms with Crippen LogP contribution in [0.3, 0.4) is 0 Å². The standard InChI is InChI=1S/C29H30N2O3/c1-3-34-28-14-7-5-12-25(28)29(32)30-16-15-22(19-30)26-20-31(27-13-6-4-11-24(26)27)18-21-9-8-10-23(17-21)33-2/h4-14,17,20,22H,3,15-16,18-19H2,1-2H3. The molecule has 0 spiro atoms. The summed E-state index contributed by atoms with van der Waals surface area (Å²) in [4.78, 5) is 15.3. The van der Waals surface area contributed by atoms with Crippen molar-refractivity contribution in [2.75, 3.05) is 26.8 Å². The molecule has 0 saturated carbocycles. The van der Waals surface area contributed by atoms with Gasteiger partial charge in [-0.3, -0.25) is 4.79 Å². The second-order valence-electron chi connectivity index (χ2n) is 8.75. The van der Waals surface area contributed by atoms with Crippen molar-refractivity contribution < 1.29 is 14.3 Å². The van der Waals surface area contributed by atoms with Gasteiger partial charge in [-0.2, -0.15) is 0 Å². The van der Waals surface area contributed by atoms with Gasteiger partial charge < -0.3 is 18.9 Å². The Morgan fingerprint density at radius 1 is 1.03 bits per heavy atom. The molecule has 4 aromatic rings. The van der Waals surface area contributed by atoms with Crippen molar-refractivity contribution in [2.45, 2.75) is 25.8 Å². The van der Waals surface area contributed by atoms with Gasteiger partial charge in [0.15, 0.2) is 0 Å². The van der Waals surface area contributed by atoms with Crippen LogP contribution in [0.1, 0.15) is 40.7 Å². The summed E-state index contributed by atoms with van der Waals surface area (Å²) in [6.45, 7) is 4.72. The minimum Gasteiger partial charge on any atom is -0.497 e. The van der Waals surface area contributed by atoms with Crippen LogP contribution in [0, 0.1) is 0 Å². The molecule has 2 heterocycles. The van der Waals surface area contributed by atoms with E-state index in [1.807, 2.05) is 48.2 Å². The van der Waals surface area contributed by atoms with Crippen molar-refractivity contribution >= 4 is 16.8 Å². The van der Waals surface area contributed by atoms with E-state index in [1.165, 1.54) is 22.0 Å². The first kappa shape index (κ1) is 22.1. The van der Waals surface area contributed by atoms with Crippen LogP contribution in [0.4, 0.5) is 0 Å². The van der Waals surface area contributed by atoms with Gasteiger partial charge in [-0.15, -0.1) is 0 Å². The predicted octanol–water partition coefficient (Wildman–Crippen LogP) is 5.73. The second-order valence-corrected chi connectivity index (χ2v) is 8.75. The average Bonchev–Trinajstić information content (AvgIpc) is 3.50. The number of rotatable bonds is 7. The first-order valence-corrected chi connectivity index (χ1v) is 11.9. The fraction of sp³-hybridized carbons (Fsp3) is 0.276. The Hall–Kier alpha value is -3.73. The Morgan fingerprint density at radius 3 is 2.71 bits per heavy atom. The second kappa shape index (κ2) is 9.64. The molecule has 1 amide bonds. The summed E-state index contributed by atoms with van der Waals surface area (Å²) < 4.78 is 13.4. The third-order valence-electron chi connectivity index (χ3n) is 6.64. The number of aromatic nitrogens is 1. The summed E-state index contributed by atoms with van der Waals surface area (Å²) in [6.07, 6.45) is 3.23. The number of hydrogen-bond donors (Lipinski definition) is 0. The molecule has 1 aliphatic heterocycles. The lowest BCUT2D eigenvalue weighted by molar-refractivity contribution is 0.0786. The summed E-state index contributed by atoms with van der Waals surface area (Å²) >= 11 is 0. The first-order valence-electron chi connectivity index (χ1n) is 11.9. The van der Waals surface area contributed by atoms with E-state index in [9.17, 15) is 4.79 Å². The third-order valence-corrected chi connectivity index (χ3v) is 6.64. The van der Waals surface area contributed by atoms with E-state index in [1.54, 1.807) is 7.11 Å². The molecular weight excluding hydrogens is 424 g/mol. The lowest BCUT2D eigenvalue weighted by Gasteiger charge is -2.18. The molecule has 0 N–H and O–H groups in total. The van der Waals surface area contributed by atoms with Crippen LogP contribution in [0.25, 0.3) is 10.9 Å². The van der Waals surface area contributed by atoms with Crippen molar-refractivity contribution in [1.82, 2.24) is 9.47 Å². The van der Waals surface area contributed by atoms with Crippen LogP contribution in [0.15, 0.2) is 79.0 Å². The van der Waals surface area contributed by atoms with E-state index in [-0.39, 0.29) is 5.91 Å². The molecule has 34 heavy (non-hydrogen) atoms. The Bertz CT molecular complexity index is 1310. The van der Waals surface area contributed by atoms with E-state index in [4.69, 9.17) is 9.47 Å². The normalized spacial score (nSPS) is 15.6. The predicted molar refractivity (Wildman–Crippen MR) is 135 cm³/mol. The van der Waals surface area contributed by atoms with Gasteiger partial charge in [0.1, 0.15) is 11.5 Å². The van der Waals surface area contributed by atoms with Gasteiger partial charge in [-0.1, -0.05) is 42.5 Å². The zero-order chi connectivity index (χ0) is 23.5. The van der Waals surface area contributed by atoms with E-state index >= 15 is 0 Å². The number of amides is 1. The highest BCUT2D eigenvalue weighted by Gasteiger charge is 2.31. The van der Waals surface area contributed by atoms with Crippen LogP contribution >= 0.6 is 0 Å². The van der Waals surface area contributed by atoms with E-state index < -0.39 is 0 Å². The number of hydrogen-bond acceptors (Lipinski definition) is 3. The highest BCUT2D eigenvalue weighted by Crippen LogP contribution is 2.35. The van der Waals surface area contributed by atoms with Crippen LogP contribution < -0.4 is 9.47 Å². The van der Waals surface area contributed by atoms with Crippen molar-refractivity contribution in [1.29, 1.82) is 0 Å². The molecule has 1 aromatic heterocycles. The lowest BCUT2D eigenvalue weighted by atomic mass is 9.98. The SMILES string of the molecule is CCOc1ccccc1C(=O)N1CCC(c2cn(Cc3cccc(OC)c3)c3ccccc23)C1. The van der Waals surface area contributed by atoms with Crippen LogP contribution in [-0.2, 0) is 6.54 Å². The number of methoxy groups -OCH3 is 1. The van der Waals surface area contributed by atoms with E-state index in [0.29, 0.717) is 30.4 Å². The molecule has 1 atom stereocenters. The maximum atomic E-state index is 13.3. The Labute approximate surface area is 200 Å². The van der Waals surface area contributed by atoms with Gasteiger partial charge >= 0.3 is 0 Å². The number of ether oxygens (including phenoxy) is 2. The molecule has 5 nitrogen and oxygen atoms in total. The minimum atomic E-state index is 0.0478. The molecule has 1 fully saturated rings. The van der Waals surface area contributed by atoms with Gasteiger partial charge in [-0.05, 0) is 54.8 Å². The van der Waals surface area contributed by atoms with Crippen LogP contribution in [0.5, 0.6) is 11.5 Å². The molecule has 0 aliphatic carbocycles. The largest absolute Gasteiger partial charge is 0.497 e. The molecule has 1 unspecified atom stereocenters. The van der Waals surface area contributed by atoms with Gasteiger partial charge in [0.05, 0.1) is 19.3 Å². The Morgan fingerprint density at radius 2 is 1.85 bits per heavy atom. The van der Waals surface area contributed by atoms with Crippen molar-refractivity contribution in [2.24, 2.45) is 0 Å². The van der Waals surface area contributed by atoms with Crippen molar-refractivity contribution in [3.8, 4) is 11.5 Å². The molecule has 1 aliphatic rings. The highest BCUT2D eigenvalue weighted by atomic mass is 16.5. The number of likely N-dealkylation sites (tertiary alicyclic amines) is 1. The summed E-state index contributed by atoms with van der Waals surface area (Å²) in [5, 5.41) is 1.26. The molecule has 5 heteroatoms. The summed E-state index contributed by atoms with van der Waals surface area (Å²) in [5.41, 5.74) is 4.37. The molecule has 5 rings (SSSR count). The summed E-state index contributed by atoms with van der Waals surface area (Å²) in [5.74, 6) is 1.88. The summed E-state index contributed by atoms with van der Waals surface area (Å²) in [7, 11) is 1.70. The Kier molecular flexibility index (Phi) is 6.26. The van der Waals surface area contributed by atoms with Crippen molar-refractivity contribution in [3.63, 3.8) is 0 Å². The lowest BCUT2D eigenvalue weighted by Crippen LogP contribution is -2.28. The fourth-order valence-electron chi connectivity index (χ4n) is 4.99. The number of benzene rings is 3. The van der Waals surface area contributed by atoms with Gasteiger partial charge in [0, 0.05) is 42.7 Å². The minimum absolute atomic E-state index is 0.0478. The third kappa shape index (κ3) is 4.26. The highest BCUT2D eigenvalue weighted by molar-refractivity contribution is 5.97. The molecule has 0 bridgehead atoms. The molecule has 1 saturated heterocycles. The molecule has 3 aromatic carbocycles. The van der Waals surface area contributed by atoms with Crippen LogP contribution in [-0.4, -0.2) is 42.2 Å². The smallest absolute Gasteiger partial charge is 0.257 e. The van der Waals surface area contributed by atoms with E-state index in [0.717, 1.165) is 25.3 Å². The number of carbonyl (C=O) groups excluding carboxylic acids is 1. The van der Waals surface area contributed by atoms with Gasteiger partial charge in [-0.25, -0.2) is 0 Å². The quantitative estimate of drug-likeness (QED) is 0.358. The summed E-state index contributed by atoms with van der Waals surface area (Å²) in [6, 6.07) is 24.3. The number of para-hydroxylation sites is 2. The molecular formula is C29H30N2O3. The Balaban J connectivity index is 1.40. The molecule has 174 valence electrons. The number of carbonyl (C=O) groups is 1.